The van der Waals surface area contributed by atoms with Crippen molar-refractivity contribution >= 4 is 22.8 Å². The number of carbonyl (C=O) groups excluding carboxylic acids is 2. The van der Waals surface area contributed by atoms with E-state index >= 15 is 0 Å². The lowest BCUT2D eigenvalue weighted by Gasteiger charge is -2.27. The molecule has 0 spiro atoms. The van der Waals surface area contributed by atoms with E-state index in [2.05, 4.69) is 13.8 Å². The van der Waals surface area contributed by atoms with Crippen LogP contribution in [0.2, 0.25) is 0 Å². The monoisotopic (exact) mass is 532 g/mol. The van der Waals surface area contributed by atoms with Crippen molar-refractivity contribution in [3.63, 3.8) is 0 Å². The van der Waals surface area contributed by atoms with Crippen LogP contribution in [0.4, 0.5) is 0 Å². The number of rotatable bonds is 14. The average molecular weight is 533 g/mol. The molecular weight excluding hydrogens is 496 g/mol. The summed E-state index contributed by atoms with van der Waals surface area (Å²) in [5.74, 6) is 2.58. The van der Waals surface area contributed by atoms with Crippen LogP contribution in [0.25, 0.3) is 0 Å². The van der Waals surface area contributed by atoms with E-state index < -0.39 is 11.3 Å². The smallest absolute Gasteiger partial charge is 0.347 e. The maximum atomic E-state index is 12.0. The summed E-state index contributed by atoms with van der Waals surface area (Å²) in [6.07, 6.45) is 4.96. The Balaban J connectivity index is 1.65. The summed E-state index contributed by atoms with van der Waals surface area (Å²) >= 11 is 5.61. The fourth-order valence-electron chi connectivity index (χ4n) is 4.66. The van der Waals surface area contributed by atoms with Crippen molar-refractivity contribution in [3.8, 4) is 23.0 Å². The van der Waals surface area contributed by atoms with Gasteiger partial charge in [0, 0.05) is 23.1 Å². The SMILES string of the molecule is CCCc1c(OCCCOc2ccc3c(c2CCC)OC(C(=O)OC)CC3)ccc(CC(=O)Cl)c1OC. The summed E-state index contributed by atoms with van der Waals surface area (Å²) in [4.78, 5) is 23.5. The number of hydrogen-bond donors (Lipinski definition) is 0. The molecule has 0 fully saturated rings. The Morgan fingerprint density at radius 3 is 2.24 bits per heavy atom. The third-order valence-corrected chi connectivity index (χ3v) is 6.47. The molecule has 2 aromatic carbocycles. The molecular formula is C29H37ClO7. The zero-order chi connectivity index (χ0) is 26.8. The lowest BCUT2D eigenvalue weighted by atomic mass is 9.96. The molecule has 7 nitrogen and oxygen atoms in total. The second kappa shape index (κ2) is 14.1. The highest BCUT2D eigenvalue weighted by molar-refractivity contribution is 6.63. The first kappa shape index (κ1) is 28.6. The molecule has 202 valence electrons. The Bertz CT molecular complexity index is 1080. The number of aryl methyl sites for hydroxylation is 1. The van der Waals surface area contributed by atoms with Gasteiger partial charge in [-0.1, -0.05) is 38.8 Å². The molecule has 1 aliphatic rings. The molecule has 1 heterocycles. The Morgan fingerprint density at radius 1 is 0.973 bits per heavy atom. The first-order valence-electron chi connectivity index (χ1n) is 12.9. The third kappa shape index (κ3) is 7.31. The van der Waals surface area contributed by atoms with Crippen molar-refractivity contribution < 1.29 is 33.3 Å². The second-order valence-electron chi connectivity index (χ2n) is 9.02. The highest BCUT2D eigenvalue weighted by Crippen LogP contribution is 2.38. The number of fused-ring (bicyclic) bond motifs is 1. The lowest BCUT2D eigenvalue weighted by molar-refractivity contribution is -0.149. The predicted molar refractivity (Wildman–Crippen MR) is 142 cm³/mol. The van der Waals surface area contributed by atoms with E-state index in [1.54, 1.807) is 7.11 Å². The van der Waals surface area contributed by atoms with Gasteiger partial charge in [-0.3, -0.25) is 4.79 Å². The van der Waals surface area contributed by atoms with Crippen molar-refractivity contribution in [2.45, 2.75) is 71.3 Å². The quantitative estimate of drug-likeness (QED) is 0.177. The minimum absolute atomic E-state index is 0.112. The number of ether oxygens (including phenoxy) is 5. The van der Waals surface area contributed by atoms with Gasteiger partial charge in [-0.25, -0.2) is 4.79 Å². The Labute approximate surface area is 224 Å². The van der Waals surface area contributed by atoms with Crippen LogP contribution in [-0.4, -0.2) is 44.7 Å². The van der Waals surface area contributed by atoms with Gasteiger partial charge >= 0.3 is 5.97 Å². The fraction of sp³-hybridized carbons (Fsp3) is 0.517. The highest BCUT2D eigenvalue weighted by atomic mass is 35.5. The van der Waals surface area contributed by atoms with Crippen LogP contribution in [0.3, 0.4) is 0 Å². The summed E-state index contributed by atoms with van der Waals surface area (Å²) in [5.41, 5.74) is 3.79. The van der Waals surface area contributed by atoms with Crippen LogP contribution in [-0.2, 0) is 40.0 Å². The van der Waals surface area contributed by atoms with Gasteiger partial charge in [-0.15, -0.1) is 0 Å². The maximum absolute atomic E-state index is 12.0. The molecule has 0 aliphatic carbocycles. The van der Waals surface area contributed by atoms with Gasteiger partial charge in [0.2, 0.25) is 5.24 Å². The Kier molecular flexibility index (Phi) is 10.9. The molecule has 1 atom stereocenters. The van der Waals surface area contributed by atoms with Gasteiger partial charge in [0.05, 0.1) is 33.9 Å². The normalized spacial score (nSPS) is 14.4. The van der Waals surface area contributed by atoms with Crippen LogP contribution >= 0.6 is 11.6 Å². The highest BCUT2D eigenvalue weighted by Gasteiger charge is 2.29. The molecule has 0 radical (unpaired) electrons. The van der Waals surface area contributed by atoms with E-state index in [1.165, 1.54) is 7.11 Å². The first-order chi connectivity index (χ1) is 17.9. The second-order valence-corrected chi connectivity index (χ2v) is 9.44. The minimum Gasteiger partial charge on any atom is -0.496 e. The summed E-state index contributed by atoms with van der Waals surface area (Å²) in [7, 11) is 2.98. The molecule has 3 rings (SSSR count). The van der Waals surface area contributed by atoms with Gasteiger partial charge in [0.1, 0.15) is 23.0 Å². The predicted octanol–water partition coefficient (Wildman–Crippen LogP) is 5.62. The number of methoxy groups -OCH3 is 2. The zero-order valence-electron chi connectivity index (χ0n) is 22.2. The minimum atomic E-state index is -0.583. The molecule has 0 saturated carbocycles. The van der Waals surface area contributed by atoms with Gasteiger partial charge in [0.15, 0.2) is 6.10 Å². The topological polar surface area (TPSA) is 80.3 Å². The van der Waals surface area contributed by atoms with Crippen LogP contribution in [0.5, 0.6) is 23.0 Å². The Hall–Kier alpha value is -2.93. The molecule has 0 saturated heterocycles. The summed E-state index contributed by atoms with van der Waals surface area (Å²) in [6.45, 7) is 5.12. The molecule has 1 unspecified atom stereocenters. The molecule has 1 aliphatic heterocycles. The van der Waals surface area contributed by atoms with E-state index in [9.17, 15) is 9.59 Å². The molecule has 2 aromatic rings. The number of carbonyl (C=O) groups is 2. The molecule has 8 heteroatoms. The van der Waals surface area contributed by atoms with Crippen LogP contribution < -0.4 is 18.9 Å². The molecule has 0 amide bonds. The van der Waals surface area contributed by atoms with Crippen molar-refractivity contribution in [3.05, 3.63) is 46.5 Å². The molecule has 0 N–H and O–H groups in total. The van der Waals surface area contributed by atoms with Crippen LogP contribution in [0, 0.1) is 0 Å². The standard InChI is InChI=1S/C29H37ClO7/c1-5-8-21-23(14-12-20(18-26(30)31)27(21)33-3)35-16-7-17-36-24-13-10-19-11-15-25(29(32)34-4)37-28(19)22(24)9-6-2/h10,12-14,25H,5-9,11,15-18H2,1-4H3. The van der Waals surface area contributed by atoms with Gasteiger partial charge in [-0.05, 0) is 55.0 Å². The molecule has 37 heavy (non-hydrogen) atoms. The lowest BCUT2D eigenvalue weighted by Crippen LogP contribution is -2.32. The van der Waals surface area contributed by atoms with Crippen LogP contribution in [0.15, 0.2) is 24.3 Å². The number of benzene rings is 2. The first-order valence-corrected chi connectivity index (χ1v) is 13.3. The van der Waals surface area contributed by atoms with Gasteiger partial charge in [-0.2, -0.15) is 0 Å². The summed E-state index contributed by atoms with van der Waals surface area (Å²) < 4.78 is 28.8. The van der Waals surface area contributed by atoms with E-state index in [0.717, 1.165) is 71.6 Å². The third-order valence-electron chi connectivity index (χ3n) is 6.34. The van der Waals surface area contributed by atoms with Crippen molar-refractivity contribution in [1.82, 2.24) is 0 Å². The van der Waals surface area contributed by atoms with E-state index in [1.807, 2.05) is 24.3 Å². The van der Waals surface area contributed by atoms with Crippen LogP contribution in [0.1, 0.15) is 61.8 Å². The average Bonchev–Trinajstić information content (AvgIpc) is 2.89. The zero-order valence-corrected chi connectivity index (χ0v) is 22.9. The van der Waals surface area contributed by atoms with E-state index in [-0.39, 0.29) is 12.4 Å². The van der Waals surface area contributed by atoms with Crippen molar-refractivity contribution in [2.24, 2.45) is 0 Å². The number of esters is 1. The van der Waals surface area contributed by atoms with Crippen molar-refractivity contribution in [1.29, 1.82) is 0 Å². The van der Waals surface area contributed by atoms with E-state index in [4.69, 9.17) is 35.3 Å². The van der Waals surface area contributed by atoms with Crippen molar-refractivity contribution in [2.75, 3.05) is 27.4 Å². The van der Waals surface area contributed by atoms with Gasteiger partial charge < -0.3 is 23.7 Å². The van der Waals surface area contributed by atoms with Gasteiger partial charge in [0.25, 0.3) is 0 Å². The molecule has 0 bridgehead atoms. The van der Waals surface area contributed by atoms with E-state index in [0.29, 0.717) is 31.8 Å². The summed E-state index contributed by atoms with van der Waals surface area (Å²) in [6, 6.07) is 7.72. The maximum Gasteiger partial charge on any atom is 0.347 e. The summed E-state index contributed by atoms with van der Waals surface area (Å²) in [5, 5.41) is -0.428. The number of halogens is 1. The Morgan fingerprint density at radius 2 is 1.62 bits per heavy atom. The fourth-order valence-corrected chi connectivity index (χ4v) is 4.80. The largest absolute Gasteiger partial charge is 0.496 e. The number of hydrogen-bond acceptors (Lipinski definition) is 7. The molecule has 0 aromatic heterocycles.